The number of hydrogen-bond donors (Lipinski definition) is 3. The van der Waals surface area contributed by atoms with Crippen molar-refractivity contribution in [2.24, 2.45) is 5.73 Å². The second kappa shape index (κ2) is 4.84. The summed E-state index contributed by atoms with van der Waals surface area (Å²) in [5.74, 6) is -1.31. The number of rotatable bonds is 4. The van der Waals surface area contributed by atoms with Crippen LogP contribution >= 0.6 is 0 Å². The molecule has 0 bridgehead atoms. The molecule has 0 fully saturated rings. The third-order valence-electron chi connectivity index (χ3n) is 2.02. The van der Waals surface area contributed by atoms with Crippen LogP contribution in [0, 0.1) is 0 Å². The largest absolute Gasteiger partial charge is 0.481 e. The third-order valence-corrected chi connectivity index (χ3v) is 2.02. The summed E-state index contributed by atoms with van der Waals surface area (Å²) in [4.78, 5) is 14.0. The molecule has 1 rings (SSSR count). The number of nitrogen functional groups attached to an aromatic ring is 1. The van der Waals surface area contributed by atoms with Crippen LogP contribution in [0.2, 0.25) is 0 Å². The van der Waals surface area contributed by atoms with Gasteiger partial charge < -0.3 is 16.6 Å². The Morgan fingerprint density at radius 1 is 1.56 bits per heavy atom. The van der Waals surface area contributed by atoms with Gasteiger partial charge in [-0.3, -0.25) is 4.79 Å². The first-order valence-corrected chi connectivity index (χ1v) is 4.43. The van der Waals surface area contributed by atoms with Crippen LogP contribution in [0.25, 0.3) is 0 Å². The van der Waals surface area contributed by atoms with Crippen LogP contribution in [0.4, 0.5) is 14.6 Å². The van der Waals surface area contributed by atoms with E-state index in [1.807, 2.05) is 0 Å². The standard InChI is InChI=1S/C9H11F2N3O2/c10-9(11)8-5(2-7(15)16)4(3-12)1-6(13)14-8/h1,9H,2-3,12H2,(H2,13,14)(H,15,16). The number of carboxylic acid groups (broad SMARTS) is 1. The Hall–Kier alpha value is -1.76. The molecular weight excluding hydrogens is 220 g/mol. The fraction of sp³-hybridized carbons (Fsp3) is 0.333. The lowest BCUT2D eigenvalue weighted by Crippen LogP contribution is -2.13. The number of nitrogens with zero attached hydrogens (tertiary/aromatic N) is 1. The topological polar surface area (TPSA) is 102 Å². The molecule has 0 aliphatic carbocycles. The van der Waals surface area contributed by atoms with Gasteiger partial charge in [0, 0.05) is 6.54 Å². The normalized spacial score (nSPS) is 10.8. The highest BCUT2D eigenvalue weighted by molar-refractivity contribution is 5.71. The predicted molar refractivity (Wildman–Crippen MR) is 52.8 cm³/mol. The number of carboxylic acids is 1. The van der Waals surface area contributed by atoms with E-state index in [9.17, 15) is 13.6 Å². The zero-order valence-corrected chi connectivity index (χ0v) is 8.28. The van der Waals surface area contributed by atoms with E-state index in [4.69, 9.17) is 16.6 Å². The smallest absolute Gasteiger partial charge is 0.307 e. The summed E-state index contributed by atoms with van der Waals surface area (Å²) in [6.07, 6.45) is -3.41. The number of aliphatic carboxylic acids is 1. The van der Waals surface area contributed by atoms with Crippen molar-refractivity contribution in [1.29, 1.82) is 0 Å². The molecule has 0 aromatic carbocycles. The molecule has 0 saturated heterocycles. The Morgan fingerprint density at radius 2 is 2.19 bits per heavy atom. The molecule has 5 N–H and O–H groups in total. The summed E-state index contributed by atoms with van der Waals surface area (Å²) < 4.78 is 25.2. The maximum Gasteiger partial charge on any atom is 0.307 e. The maximum absolute atomic E-state index is 12.6. The van der Waals surface area contributed by atoms with Crippen LogP contribution in [0.3, 0.4) is 0 Å². The Morgan fingerprint density at radius 3 is 2.62 bits per heavy atom. The summed E-state index contributed by atoms with van der Waals surface area (Å²) in [5, 5.41) is 8.62. The van der Waals surface area contributed by atoms with E-state index in [1.165, 1.54) is 6.07 Å². The van der Waals surface area contributed by atoms with Crippen molar-refractivity contribution in [2.75, 3.05) is 5.73 Å². The fourth-order valence-corrected chi connectivity index (χ4v) is 1.39. The molecule has 1 aromatic rings. The summed E-state index contributed by atoms with van der Waals surface area (Å²) >= 11 is 0. The van der Waals surface area contributed by atoms with Gasteiger partial charge in [0.05, 0.1) is 6.42 Å². The second-order valence-corrected chi connectivity index (χ2v) is 3.15. The molecular formula is C9H11F2N3O2. The summed E-state index contributed by atoms with van der Waals surface area (Å²) in [5.41, 5.74) is 10.3. The lowest BCUT2D eigenvalue weighted by atomic mass is 10.0. The molecule has 0 unspecified atom stereocenters. The first-order valence-electron chi connectivity index (χ1n) is 4.43. The van der Waals surface area contributed by atoms with E-state index < -0.39 is 24.5 Å². The minimum atomic E-state index is -2.87. The lowest BCUT2D eigenvalue weighted by Gasteiger charge is -2.12. The zero-order valence-electron chi connectivity index (χ0n) is 8.28. The van der Waals surface area contributed by atoms with Gasteiger partial charge in [0.1, 0.15) is 11.5 Å². The van der Waals surface area contributed by atoms with Gasteiger partial charge in [-0.15, -0.1) is 0 Å². The van der Waals surface area contributed by atoms with Crippen LogP contribution in [-0.4, -0.2) is 16.1 Å². The first-order chi connectivity index (χ1) is 7.45. The number of alkyl halides is 2. The van der Waals surface area contributed by atoms with E-state index in [0.29, 0.717) is 0 Å². The first kappa shape index (κ1) is 12.3. The van der Waals surface area contributed by atoms with Gasteiger partial charge >= 0.3 is 5.97 Å². The van der Waals surface area contributed by atoms with Crippen molar-refractivity contribution in [3.8, 4) is 0 Å². The molecule has 1 aromatic heterocycles. The molecule has 0 saturated carbocycles. The third kappa shape index (κ3) is 2.63. The molecule has 16 heavy (non-hydrogen) atoms. The molecule has 5 nitrogen and oxygen atoms in total. The fourth-order valence-electron chi connectivity index (χ4n) is 1.39. The Labute approximate surface area is 90.1 Å². The molecule has 0 aliphatic heterocycles. The van der Waals surface area contributed by atoms with Gasteiger partial charge in [0.15, 0.2) is 0 Å². The SMILES string of the molecule is NCc1cc(N)nc(C(F)F)c1CC(=O)O. The van der Waals surface area contributed by atoms with Crippen molar-refractivity contribution >= 4 is 11.8 Å². The van der Waals surface area contributed by atoms with E-state index >= 15 is 0 Å². The van der Waals surface area contributed by atoms with Crippen molar-refractivity contribution in [3.63, 3.8) is 0 Å². The Balaban J connectivity index is 3.32. The van der Waals surface area contributed by atoms with E-state index in [2.05, 4.69) is 4.98 Å². The highest BCUT2D eigenvalue weighted by Gasteiger charge is 2.20. The van der Waals surface area contributed by atoms with Crippen molar-refractivity contribution in [3.05, 3.63) is 22.9 Å². The number of carbonyl (C=O) groups is 1. The van der Waals surface area contributed by atoms with E-state index in [1.54, 1.807) is 0 Å². The molecule has 0 aliphatic rings. The second-order valence-electron chi connectivity index (χ2n) is 3.15. The molecule has 0 spiro atoms. The van der Waals surface area contributed by atoms with Gasteiger partial charge in [0.2, 0.25) is 0 Å². The maximum atomic E-state index is 12.6. The van der Waals surface area contributed by atoms with E-state index in [-0.39, 0.29) is 23.5 Å². The minimum Gasteiger partial charge on any atom is -0.481 e. The molecule has 0 atom stereocenters. The average Bonchev–Trinajstić information content (AvgIpc) is 2.19. The molecule has 0 radical (unpaired) electrons. The van der Waals surface area contributed by atoms with Crippen LogP contribution in [0.1, 0.15) is 23.2 Å². The van der Waals surface area contributed by atoms with Crippen molar-refractivity contribution in [2.45, 2.75) is 19.4 Å². The van der Waals surface area contributed by atoms with Gasteiger partial charge in [-0.2, -0.15) is 0 Å². The quantitative estimate of drug-likeness (QED) is 0.707. The van der Waals surface area contributed by atoms with Crippen LogP contribution in [0.15, 0.2) is 6.07 Å². The van der Waals surface area contributed by atoms with Crippen LogP contribution in [-0.2, 0) is 17.8 Å². The summed E-state index contributed by atoms with van der Waals surface area (Å²) in [6.45, 7) is -0.0605. The Bertz CT molecular complexity index is 410. The average molecular weight is 231 g/mol. The van der Waals surface area contributed by atoms with E-state index in [0.717, 1.165) is 0 Å². The van der Waals surface area contributed by atoms with Gasteiger partial charge in [0.25, 0.3) is 6.43 Å². The molecule has 7 heteroatoms. The van der Waals surface area contributed by atoms with Crippen LogP contribution < -0.4 is 11.5 Å². The highest BCUT2D eigenvalue weighted by Crippen LogP contribution is 2.25. The lowest BCUT2D eigenvalue weighted by molar-refractivity contribution is -0.136. The molecule has 1 heterocycles. The van der Waals surface area contributed by atoms with Crippen LogP contribution in [0.5, 0.6) is 0 Å². The predicted octanol–water partition coefficient (Wildman–Crippen LogP) is 0.687. The number of nitrogens with two attached hydrogens (primary N) is 2. The summed E-state index contributed by atoms with van der Waals surface area (Å²) in [7, 11) is 0. The highest BCUT2D eigenvalue weighted by atomic mass is 19.3. The molecule has 88 valence electrons. The van der Waals surface area contributed by atoms with Gasteiger partial charge in [-0.1, -0.05) is 0 Å². The number of hydrogen-bond acceptors (Lipinski definition) is 4. The minimum absolute atomic E-state index is 0.0563. The number of aromatic nitrogens is 1. The number of anilines is 1. The van der Waals surface area contributed by atoms with Gasteiger partial charge in [-0.25, -0.2) is 13.8 Å². The monoisotopic (exact) mass is 231 g/mol. The number of halogens is 2. The molecule has 0 amide bonds. The number of pyridine rings is 1. The summed E-state index contributed by atoms with van der Waals surface area (Å²) in [6, 6.07) is 1.31. The van der Waals surface area contributed by atoms with Crippen molar-refractivity contribution < 1.29 is 18.7 Å². The van der Waals surface area contributed by atoms with Crippen molar-refractivity contribution in [1.82, 2.24) is 4.98 Å². The van der Waals surface area contributed by atoms with Gasteiger partial charge in [-0.05, 0) is 17.2 Å². The Kier molecular flexibility index (Phi) is 3.73. The zero-order chi connectivity index (χ0) is 12.3.